The van der Waals surface area contributed by atoms with Gasteiger partial charge in [0.2, 0.25) is 0 Å². The first-order chi connectivity index (χ1) is 3.55. The van der Waals surface area contributed by atoms with E-state index in [2.05, 4.69) is 0 Å². The molecule has 0 heterocycles. The molecular weight excluding hydrogens is 111 g/mol. The molecule has 0 aliphatic rings. The van der Waals surface area contributed by atoms with E-state index in [1.807, 2.05) is 0 Å². The Kier molecular flexibility index (Phi) is 2.31. The van der Waals surface area contributed by atoms with E-state index in [-0.39, 0.29) is 0 Å². The van der Waals surface area contributed by atoms with E-state index in [0.29, 0.717) is 0 Å². The van der Waals surface area contributed by atoms with Gasteiger partial charge in [0, 0.05) is 0 Å². The number of ketones is 1. The highest BCUT2D eigenvalue weighted by Gasteiger charge is 2.15. The molecule has 0 aliphatic heterocycles. The smallest absolute Gasteiger partial charge is 0.299 e. The summed E-state index contributed by atoms with van der Waals surface area (Å²) < 4.78 is 11.5. The topological polar surface area (TPSA) is 34.1 Å². The number of carbonyl (C=O) groups is 2. The van der Waals surface area contributed by atoms with Crippen molar-refractivity contribution < 1.29 is 14.0 Å². The van der Waals surface area contributed by atoms with Crippen molar-refractivity contribution in [3.05, 3.63) is 0 Å². The molecule has 0 spiro atoms. The molecule has 1 unspecified atom stereocenters. The van der Waals surface area contributed by atoms with Gasteiger partial charge in [-0.05, 0) is 13.8 Å². The minimum Gasteiger partial charge on any atom is -0.299 e. The molecule has 0 bridgehead atoms. The standard InChI is InChI=1S/C5H7FO2/c1-3(4(2)7)5(6)8/h3H,1-2H3. The predicted octanol–water partition coefficient (Wildman–Crippen LogP) is 0.708. The van der Waals surface area contributed by atoms with E-state index in [1.165, 1.54) is 13.8 Å². The van der Waals surface area contributed by atoms with Gasteiger partial charge in [-0.25, -0.2) is 0 Å². The zero-order valence-electron chi connectivity index (χ0n) is 4.77. The Bertz CT molecular complexity index is 106. The number of halogens is 1. The molecule has 0 aromatic heterocycles. The highest BCUT2D eigenvalue weighted by molar-refractivity contribution is 5.96. The van der Waals surface area contributed by atoms with Gasteiger partial charge in [-0.15, -0.1) is 0 Å². The largest absolute Gasteiger partial charge is 0.311 e. The van der Waals surface area contributed by atoms with Crippen molar-refractivity contribution in [3.63, 3.8) is 0 Å². The Morgan fingerprint density at radius 3 is 1.88 bits per heavy atom. The average Bonchev–Trinajstić information content (AvgIpc) is 1.64. The van der Waals surface area contributed by atoms with Crippen LogP contribution < -0.4 is 0 Å². The molecule has 0 fully saturated rings. The van der Waals surface area contributed by atoms with Crippen molar-refractivity contribution in [2.45, 2.75) is 13.8 Å². The molecule has 46 valence electrons. The molecule has 8 heavy (non-hydrogen) atoms. The van der Waals surface area contributed by atoms with Crippen LogP contribution in [0.2, 0.25) is 0 Å². The summed E-state index contributed by atoms with van der Waals surface area (Å²) in [7, 11) is 0. The van der Waals surface area contributed by atoms with Gasteiger partial charge < -0.3 is 0 Å². The fraction of sp³-hybridized carbons (Fsp3) is 0.600. The molecular formula is C5H7FO2. The first-order valence-electron chi connectivity index (χ1n) is 2.25. The maximum Gasteiger partial charge on any atom is 0.311 e. The summed E-state index contributed by atoms with van der Waals surface area (Å²) in [4.78, 5) is 19.8. The minimum absolute atomic E-state index is 0.433. The highest BCUT2D eigenvalue weighted by atomic mass is 19.1. The van der Waals surface area contributed by atoms with Crippen molar-refractivity contribution in [1.29, 1.82) is 0 Å². The fourth-order valence-corrected chi connectivity index (χ4v) is 0.160. The van der Waals surface area contributed by atoms with Crippen LogP contribution in [-0.2, 0) is 9.59 Å². The SMILES string of the molecule is CC(=O)C(C)C(=O)F. The predicted molar refractivity (Wildman–Crippen MR) is 26.0 cm³/mol. The summed E-state index contributed by atoms with van der Waals surface area (Å²) in [6, 6.07) is -1.56. The normalized spacial score (nSPS) is 12.9. The van der Waals surface area contributed by atoms with Crippen LogP contribution in [0.3, 0.4) is 0 Å². The van der Waals surface area contributed by atoms with Crippen LogP contribution >= 0.6 is 0 Å². The summed E-state index contributed by atoms with van der Waals surface area (Å²) in [5.74, 6) is -1.51. The number of hydrogen-bond donors (Lipinski definition) is 0. The lowest BCUT2D eigenvalue weighted by Crippen LogP contribution is -2.13. The van der Waals surface area contributed by atoms with Crippen molar-refractivity contribution in [2.75, 3.05) is 0 Å². The summed E-state index contributed by atoms with van der Waals surface area (Å²) >= 11 is 0. The number of Topliss-reactive ketones (excluding diaryl/α,β-unsaturated/α-hetero) is 1. The molecule has 0 saturated heterocycles. The molecule has 1 atom stereocenters. The molecule has 0 aromatic carbocycles. The average molecular weight is 118 g/mol. The summed E-state index contributed by atoms with van der Waals surface area (Å²) in [6.45, 7) is 2.42. The fourth-order valence-electron chi connectivity index (χ4n) is 0.160. The van der Waals surface area contributed by atoms with Crippen LogP contribution in [0.5, 0.6) is 0 Å². The van der Waals surface area contributed by atoms with Crippen LogP contribution in [0, 0.1) is 5.92 Å². The van der Waals surface area contributed by atoms with Gasteiger partial charge in [0.1, 0.15) is 11.7 Å². The van der Waals surface area contributed by atoms with Crippen molar-refractivity contribution in [1.82, 2.24) is 0 Å². The Balaban J connectivity index is 3.83. The van der Waals surface area contributed by atoms with Gasteiger partial charge in [-0.2, -0.15) is 4.39 Å². The van der Waals surface area contributed by atoms with Gasteiger partial charge in [0.15, 0.2) is 0 Å². The third-order valence-corrected chi connectivity index (χ3v) is 0.950. The lowest BCUT2D eigenvalue weighted by molar-refractivity contribution is -0.138. The van der Waals surface area contributed by atoms with Crippen LogP contribution in [0.25, 0.3) is 0 Å². The van der Waals surface area contributed by atoms with Crippen LogP contribution in [0.1, 0.15) is 13.8 Å². The van der Waals surface area contributed by atoms with E-state index in [0.717, 1.165) is 0 Å². The van der Waals surface area contributed by atoms with Crippen molar-refractivity contribution >= 4 is 11.8 Å². The van der Waals surface area contributed by atoms with Crippen LogP contribution in [0.4, 0.5) is 4.39 Å². The third-order valence-electron chi connectivity index (χ3n) is 0.950. The van der Waals surface area contributed by atoms with Crippen LogP contribution in [-0.4, -0.2) is 11.8 Å². The van der Waals surface area contributed by atoms with E-state index in [1.54, 1.807) is 0 Å². The first kappa shape index (κ1) is 7.27. The number of rotatable bonds is 2. The molecule has 2 nitrogen and oxygen atoms in total. The Morgan fingerprint density at radius 2 is 1.88 bits per heavy atom. The third kappa shape index (κ3) is 1.82. The summed E-state index contributed by atoms with van der Waals surface area (Å²) in [5.41, 5.74) is 0. The lowest BCUT2D eigenvalue weighted by Gasteiger charge is -1.94. The van der Waals surface area contributed by atoms with E-state index in [4.69, 9.17) is 0 Å². The molecule has 0 aromatic rings. The second-order valence-corrected chi connectivity index (χ2v) is 1.64. The van der Waals surface area contributed by atoms with Crippen molar-refractivity contribution in [2.24, 2.45) is 5.92 Å². The van der Waals surface area contributed by atoms with E-state index >= 15 is 0 Å². The van der Waals surface area contributed by atoms with Gasteiger partial charge >= 0.3 is 6.04 Å². The minimum atomic E-state index is -1.56. The van der Waals surface area contributed by atoms with Gasteiger partial charge in [-0.3, -0.25) is 9.59 Å². The lowest BCUT2D eigenvalue weighted by atomic mass is 10.1. The van der Waals surface area contributed by atoms with Gasteiger partial charge in [-0.1, -0.05) is 0 Å². The van der Waals surface area contributed by atoms with Crippen molar-refractivity contribution in [3.8, 4) is 0 Å². The second-order valence-electron chi connectivity index (χ2n) is 1.64. The Hall–Kier alpha value is -0.730. The molecule has 0 amide bonds. The maximum atomic E-state index is 11.5. The first-order valence-corrected chi connectivity index (χ1v) is 2.25. The highest BCUT2D eigenvalue weighted by Crippen LogP contribution is 1.97. The zero-order chi connectivity index (χ0) is 6.73. The molecule has 0 rings (SSSR count). The number of carbonyl (C=O) groups excluding carboxylic acids is 2. The molecule has 0 saturated carbocycles. The Labute approximate surface area is 46.7 Å². The Morgan fingerprint density at radius 1 is 1.50 bits per heavy atom. The molecule has 0 radical (unpaired) electrons. The maximum absolute atomic E-state index is 11.5. The summed E-state index contributed by atoms with van der Waals surface area (Å²) in [5, 5.41) is 0. The zero-order valence-corrected chi connectivity index (χ0v) is 4.77. The van der Waals surface area contributed by atoms with Gasteiger partial charge in [0.05, 0.1) is 0 Å². The monoisotopic (exact) mass is 118 g/mol. The van der Waals surface area contributed by atoms with E-state index < -0.39 is 17.7 Å². The van der Waals surface area contributed by atoms with Crippen LogP contribution in [0.15, 0.2) is 0 Å². The molecule has 0 N–H and O–H groups in total. The van der Waals surface area contributed by atoms with Gasteiger partial charge in [0.25, 0.3) is 0 Å². The molecule has 0 aliphatic carbocycles. The second kappa shape index (κ2) is 2.55. The van der Waals surface area contributed by atoms with E-state index in [9.17, 15) is 14.0 Å². The number of hydrogen-bond acceptors (Lipinski definition) is 2. The molecule has 3 heteroatoms. The quantitative estimate of drug-likeness (QED) is 0.395. The summed E-state index contributed by atoms with van der Waals surface area (Å²) in [6.07, 6.45) is 0.